The number of carbonyl (C=O) groups is 2. The van der Waals surface area contributed by atoms with E-state index in [1.807, 2.05) is 31.2 Å². The molecule has 0 radical (unpaired) electrons. The average Bonchev–Trinajstić information content (AvgIpc) is 2.80. The van der Waals surface area contributed by atoms with Crippen LogP contribution >= 0.6 is 0 Å². The molecule has 3 rings (SSSR count). The monoisotopic (exact) mass is 437 g/mol. The van der Waals surface area contributed by atoms with Gasteiger partial charge in [0.2, 0.25) is 0 Å². The largest absolute Gasteiger partial charge is 0.494 e. The van der Waals surface area contributed by atoms with Gasteiger partial charge in [0, 0.05) is 18.4 Å². The van der Waals surface area contributed by atoms with Crippen LogP contribution in [0.4, 0.5) is 15.9 Å². The molecular weight excluding hydrogens is 413 g/mol. The van der Waals surface area contributed by atoms with Crippen molar-refractivity contribution in [3.05, 3.63) is 83.8 Å². The summed E-state index contributed by atoms with van der Waals surface area (Å²) in [6, 6.07) is 16.5. The Bertz CT molecular complexity index is 1040. The van der Waals surface area contributed by atoms with E-state index in [-0.39, 0.29) is 11.4 Å². The highest BCUT2D eigenvalue weighted by Gasteiger charge is 2.15. The molecule has 0 atom stereocenters. The highest BCUT2D eigenvalue weighted by atomic mass is 19.1. The lowest BCUT2D eigenvalue weighted by molar-refractivity contribution is -0.124. The highest BCUT2D eigenvalue weighted by Crippen LogP contribution is 2.21. The molecule has 0 saturated carbocycles. The van der Waals surface area contributed by atoms with Gasteiger partial charge in [0.25, 0.3) is 5.91 Å². The summed E-state index contributed by atoms with van der Waals surface area (Å²) < 4.78 is 23.5. The first-order valence-corrected chi connectivity index (χ1v) is 10.2. The van der Waals surface area contributed by atoms with Crippen LogP contribution in [0.5, 0.6) is 5.75 Å². The van der Waals surface area contributed by atoms with Crippen molar-refractivity contribution in [3.63, 3.8) is 0 Å². The summed E-state index contributed by atoms with van der Waals surface area (Å²) in [5.41, 5.74) is 1.82. The zero-order valence-corrected chi connectivity index (χ0v) is 17.6. The number of ether oxygens (including phenoxy) is 2. The lowest BCUT2D eigenvalue weighted by atomic mass is 10.1. The number of carbonyl (C=O) groups excluding carboxylic acids is 2. The number of halogens is 1. The Balaban J connectivity index is 1.50. The minimum absolute atomic E-state index is 0.209. The van der Waals surface area contributed by atoms with E-state index in [1.165, 1.54) is 12.1 Å². The maximum atomic E-state index is 12.9. The van der Waals surface area contributed by atoms with E-state index in [4.69, 9.17) is 9.47 Å². The summed E-state index contributed by atoms with van der Waals surface area (Å²) in [6.45, 7) is 2.41. The average molecular weight is 437 g/mol. The van der Waals surface area contributed by atoms with Crippen molar-refractivity contribution >= 4 is 23.4 Å². The third-order valence-electron chi connectivity index (χ3n) is 4.44. The summed E-state index contributed by atoms with van der Waals surface area (Å²) in [6.07, 6.45) is 2.09. The van der Waals surface area contributed by atoms with Crippen LogP contribution in [0.1, 0.15) is 22.8 Å². The van der Waals surface area contributed by atoms with Crippen molar-refractivity contribution in [3.8, 4) is 5.75 Å². The van der Waals surface area contributed by atoms with Crippen LogP contribution in [-0.2, 0) is 16.0 Å². The Hall–Kier alpha value is -3.94. The predicted octanol–water partition coefficient (Wildman–Crippen LogP) is 3.88. The number of rotatable bonds is 10. The SMILES string of the molecule is CCOc1ccc(Nc2ncccc2C(=O)OCC(=O)NCCc2ccc(F)cc2)cc1. The normalized spacial score (nSPS) is 10.3. The van der Waals surface area contributed by atoms with E-state index in [1.54, 1.807) is 30.5 Å². The second kappa shape index (κ2) is 11.5. The molecule has 0 saturated heterocycles. The number of hydrogen-bond donors (Lipinski definition) is 2. The molecule has 7 nitrogen and oxygen atoms in total. The number of anilines is 2. The Kier molecular flexibility index (Phi) is 8.14. The van der Waals surface area contributed by atoms with Crippen molar-refractivity contribution in [2.24, 2.45) is 0 Å². The molecule has 0 spiro atoms. The number of aromatic nitrogens is 1. The molecule has 166 valence electrons. The van der Waals surface area contributed by atoms with Gasteiger partial charge in [-0.25, -0.2) is 14.2 Å². The number of pyridine rings is 1. The van der Waals surface area contributed by atoms with Gasteiger partial charge < -0.3 is 20.1 Å². The molecule has 32 heavy (non-hydrogen) atoms. The maximum Gasteiger partial charge on any atom is 0.342 e. The Labute approximate surface area is 185 Å². The molecule has 0 bridgehead atoms. The molecule has 2 N–H and O–H groups in total. The predicted molar refractivity (Wildman–Crippen MR) is 119 cm³/mol. The third-order valence-corrected chi connectivity index (χ3v) is 4.44. The molecule has 1 amide bonds. The van der Waals surface area contributed by atoms with E-state index in [0.717, 1.165) is 17.0 Å². The van der Waals surface area contributed by atoms with E-state index >= 15 is 0 Å². The van der Waals surface area contributed by atoms with Crippen LogP contribution in [0.25, 0.3) is 0 Å². The molecule has 0 aliphatic rings. The quantitative estimate of drug-likeness (QED) is 0.468. The fourth-order valence-electron chi connectivity index (χ4n) is 2.86. The molecule has 3 aromatic rings. The van der Waals surface area contributed by atoms with Gasteiger partial charge in [-0.15, -0.1) is 0 Å². The number of nitrogens with zero attached hydrogens (tertiary/aromatic N) is 1. The minimum Gasteiger partial charge on any atom is -0.494 e. The first-order valence-electron chi connectivity index (χ1n) is 10.2. The van der Waals surface area contributed by atoms with Gasteiger partial charge in [-0.3, -0.25) is 4.79 Å². The molecule has 2 aromatic carbocycles. The second-order valence-corrected chi connectivity index (χ2v) is 6.78. The maximum absolute atomic E-state index is 12.9. The standard InChI is InChI=1S/C24H24FN3O4/c1-2-31-20-11-9-19(10-12-20)28-23-21(4-3-14-27-23)24(30)32-16-22(29)26-15-13-17-5-7-18(25)8-6-17/h3-12,14H,2,13,15-16H2,1H3,(H,26,29)(H,27,28). The van der Waals surface area contributed by atoms with Crippen LogP contribution in [0.15, 0.2) is 66.9 Å². The lowest BCUT2D eigenvalue weighted by Gasteiger charge is -2.11. The van der Waals surface area contributed by atoms with Gasteiger partial charge >= 0.3 is 5.97 Å². The zero-order chi connectivity index (χ0) is 22.8. The molecule has 1 heterocycles. The van der Waals surface area contributed by atoms with Gasteiger partial charge in [-0.2, -0.15) is 0 Å². The summed E-state index contributed by atoms with van der Waals surface area (Å²) in [5.74, 6) is -0.343. The first kappa shape index (κ1) is 22.7. The molecule has 0 fully saturated rings. The highest BCUT2D eigenvalue weighted by molar-refractivity contribution is 5.96. The van der Waals surface area contributed by atoms with E-state index < -0.39 is 18.5 Å². The summed E-state index contributed by atoms with van der Waals surface area (Å²) in [5, 5.41) is 5.74. The summed E-state index contributed by atoms with van der Waals surface area (Å²) >= 11 is 0. The summed E-state index contributed by atoms with van der Waals surface area (Å²) in [7, 11) is 0. The van der Waals surface area contributed by atoms with Gasteiger partial charge in [-0.05, 0) is 67.4 Å². The van der Waals surface area contributed by atoms with Crippen LogP contribution < -0.4 is 15.4 Å². The Morgan fingerprint density at radius 2 is 1.78 bits per heavy atom. The number of esters is 1. The van der Waals surface area contributed by atoms with Crippen LogP contribution in [0.3, 0.4) is 0 Å². The molecule has 8 heteroatoms. The van der Waals surface area contributed by atoms with Crippen molar-refractivity contribution in [1.29, 1.82) is 0 Å². The third kappa shape index (κ3) is 6.80. The van der Waals surface area contributed by atoms with Crippen LogP contribution in [0.2, 0.25) is 0 Å². The van der Waals surface area contributed by atoms with E-state index in [0.29, 0.717) is 25.4 Å². The number of nitrogens with one attached hydrogen (secondary N) is 2. The van der Waals surface area contributed by atoms with Crippen molar-refractivity contribution < 1.29 is 23.5 Å². The molecule has 1 aromatic heterocycles. The Morgan fingerprint density at radius 3 is 2.50 bits per heavy atom. The zero-order valence-electron chi connectivity index (χ0n) is 17.6. The first-order chi connectivity index (χ1) is 15.5. The fraction of sp³-hybridized carbons (Fsp3) is 0.208. The second-order valence-electron chi connectivity index (χ2n) is 6.78. The lowest BCUT2D eigenvalue weighted by Crippen LogP contribution is -2.30. The van der Waals surface area contributed by atoms with Crippen molar-refractivity contribution in [2.45, 2.75) is 13.3 Å². The van der Waals surface area contributed by atoms with Gasteiger partial charge in [0.15, 0.2) is 6.61 Å². The van der Waals surface area contributed by atoms with Gasteiger partial charge in [0.05, 0.1) is 6.61 Å². The minimum atomic E-state index is -0.666. The molecule has 0 unspecified atom stereocenters. The van der Waals surface area contributed by atoms with Gasteiger partial charge in [-0.1, -0.05) is 12.1 Å². The molecule has 0 aliphatic heterocycles. The van der Waals surface area contributed by atoms with Crippen molar-refractivity contribution in [2.75, 3.05) is 25.1 Å². The van der Waals surface area contributed by atoms with Gasteiger partial charge in [0.1, 0.15) is 22.9 Å². The number of amides is 1. The smallest absolute Gasteiger partial charge is 0.342 e. The molecule has 0 aliphatic carbocycles. The van der Waals surface area contributed by atoms with Crippen LogP contribution in [0, 0.1) is 5.82 Å². The topological polar surface area (TPSA) is 89.6 Å². The van der Waals surface area contributed by atoms with Crippen LogP contribution in [-0.4, -0.2) is 36.6 Å². The number of hydrogen-bond acceptors (Lipinski definition) is 6. The summed E-state index contributed by atoms with van der Waals surface area (Å²) in [4.78, 5) is 28.7. The van der Waals surface area contributed by atoms with E-state index in [9.17, 15) is 14.0 Å². The Morgan fingerprint density at radius 1 is 1.03 bits per heavy atom. The number of benzene rings is 2. The van der Waals surface area contributed by atoms with E-state index in [2.05, 4.69) is 15.6 Å². The van der Waals surface area contributed by atoms with Crippen molar-refractivity contribution in [1.82, 2.24) is 10.3 Å². The fourth-order valence-corrected chi connectivity index (χ4v) is 2.86. The molecular formula is C24H24FN3O4.